The molecule has 1 saturated heterocycles. The van der Waals surface area contributed by atoms with Crippen LogP contribution in [0, 0.1) is 0 Å². The van der Waals surface area contributed by atoms with Gasteiger partial charge in [-0.25, -0.2) is 4.79 Å². The lowest BCUT2D eigenvalue weighted by molar-refractivity contribution is -0.134. The topological polar surface area (TPSA) is 188 Å². The maximum Gasteiger partial charge on any atom is 0.339 e. The minimum atomic E-state index is -4.46. The van der Waals surface area contributed by atoms with Crippen LogP contribution in [0.1, 0.15) is 6.23 Å². The number of aliphatic hydroxyl groups excluding tert-OH is 2. The minimum Gasteiger partial charge on any atom is -0.481 e. The molecule has 1 aliphatic heterocycles. The molecule has 0 saturated carbocycles. The molecule has 5 atom stereocenters. The number of rotatable bonds is 6. The molecule has 0 amide bonds. The fraction of sp³-hybridized carbons (Fsp3) is 0.545. The molecule has 1 aliphatic rings. The Hall–Kier alpha value is -1.34. The molecule has 1 aromatic heterocycles. The van der Waals surface area contributed by atoms with Gasteiger partial charge in [0.05, 0.1) is 11.1 Å². The van der Waals surface area contributed by atoms with Crippen molar-refractivity contribution in [1.82, 2.24) is 9.55 Å². The molecule has 0 radical (unpaired) electrons. The van der Waals surface area contributed by atoms with Gasteiger partial charge in [0.2, 0.25) is 0 Å². The Kier molecular flexibility index (Phi) is 5.99. The molecule has 2 heterocycles. The van der Waals surface area contributed by atoms with Crippen LogP contribution in [0.25, 0.3) is 0 Å². The van der Waals surface area contributed by atoms with E-state index in [1.54, 1.807) is 0 Å². The van der Waals surface area contributed by atoms with E-state index in [0.29, 0.717) is 0 Å². The Morgan fingerprint density at radius 2 is 2.04 bits per heavy atom. The second-order valence-electron chi connectivity index (χ2n) is 5.17. The SMILES string of the molecule is O=C(O)CP(=O)(O)OC[C@H]1O[C@@H](n2cc(Br)c(=O)[nH]c2=O)[C@@H](O)[C@@H]1O. The maximum absolute atomic E-state index is 11.8. The zero-order valence-corrected chi connectivity index (χ0v) is 14.8. The lowest BCUT2D eigenvalue weighted by atomic mass is 10.1. The summed E-state index contributed by atoms with van der Waals surface area (Å²) in [6.07, 6.45) is -6.01. The number of hydrogen-bond acceptors (Lipinski definition) is 8. The van der Waals surface area contributed by atoms with Crippen LogP contribution in [0.2, 0.25) is 0 Å². The fourth-order valence-electron chi connectivity index (χ4n) is 2.15. The Balaban J connectivity index is 2.15. The first kappa shape index (κ1) is 20.0. The molecule has 1 unspecified atom stereocenters. The summed E-state index contributed by atoms with van der Waals surface area (Å²) in [5, 5.41) is 28.5. The largest absolute Gasteiger partial charge is 0.481 e. The zero-order valence-electron chi connectivity index (χ0n) is 12.3. The molecule has 25 heavy (non-hydrogen) atoms. The number of nitrogens with zero attached hydrogens (tertiary/aromatic N) is 1. The van der Waals surface area contributed by atoms with Crippen molar-refractivity contribution in [3.8, 4) is 0 Å². The van der Waals surface area contributed by atoms with Crippen molar-refractivity contribution in [3.63, 3.8) is 0 Å². The number of nitrogens with one attached hydrogen (secondary N) is 1. The van der Waals surface area contributed by atoms with E-state index in [1.807, 2.05) is 4.98 Å². The van der Waals surface area contributed by atoms with Crippen molar-refractivity contribution in [2.45, 2.75) is 24.5 Å². The summed E-state index contributed by atoms with van der Waals surface area (Å²) in [5.41, 5.74) is -1.62. The molecular formula is C11H14BrN2O10P. The zero-order chi connectivity index (χ0) is 18.9. The number of aliphatic carboxylic acids is 1. The molecule has 0 bridgehead atoms. The first-order valence-electron chi connectivity index (χ1n) is 6.72. The Labute approximate surface area is 147 Å². The summed E-state index contributed by atoms with van der Waals surface area (Å²) in [6.45, 7) is -0.699. The number of halogens is 1. The van der Waals surface area contributed by atoms with Gasteiger partial charge in [-0.05, 0) is 15.9 Å². The van der Waals surface area contributed by atoms with E-state index in [9.17, 15) is 34.1 Å². The van der Waals surface area contributed by atoms with Crippen molar-refractivity contribution >= 4 is 29.5 Å². The second kappa shape index (κ2) is 7.50. The molecule has 5 N–H and O–H groups in total. The monoisotopic (exact) mass is 444 g/mol. The summed E-state index contributed by atoms with van der Waals surface area (Å²) in [7, 11) is -4.46. The summed E-state index contributed by atoms with van der Waals surface area (Å²) in [4.78, 5) is 44.9. The van der Waals surface area contributed by atoms with Gasteiger partial charge < -0.3 is 29.5 Å². The fourth-order valence-corrected chi connectivity index (χ4v) is 3.29. The van der Waals surface area contributed by atoms with Crippen molar-refractivity contribution in [3.05, 3.63) is 31.5 Å². The highest BCUT2D eigenvalue weighted by molar-refractivity contribution is 9.10. The molecule has 140 valence electrons. The Bertz CT molecular complexity index is 822. The second-order valence-corrected chi connectivity index (χ2v) is 7.88. The molecule has 0 spiro atoms. The number of aliphatic hydroxyl groups is 2. The molecular weight excluding hydrogens is 431 g/mol. The molecule has 0 aromatic carbocycles. The number of carboxylic acid groups (broad SMARTS) is 1. The van der Waals surface area contributed by atoms with Crippen LogP contribution in [0.15, 0.2) is 20.3 Å². The number of aromatic amines is 1. The summed E-state index contributed by atoms with van der Waals surface area (Å²) in [6, 6.07) is 0. The third-order valence-electron chi connectivity index (χ3n) is 3.31. The molecule has 14 heteroatoms. The van der Waals surface area contributed by atoms with E-state index < -0.39 is 62.1 Å². The van der Waals surface area contributed by atoms with Gasteiger partial charge in [0.1, 0.15) is 24.5 Å². The standard InChI is InChI=1S/C11H14BrN2O10P/c12-4-1-14(11(20)13-9(4)19)10-8(18)7(17)5(24-10)2-23-25(21,22)3-6(15)16/h1,5,7-8,10,17-18H,2-3H2,(H,15,16)(H,21,22)(H,13,19,20)/t5-,7-,8+,10-/m1/s1. The summed E-state index contributed by atoms with van der Waals surface area (Å²) >= 11 is 2.90. The van der Waals surface area contributed by atoms with Crippen molar-refractivity contribution in [1.29, 1.82) is 0 Å². The quantitative estimate of drug-likeness (QED) is 0.313. The van der Waals surface area contributed by atoms with Crippen LogP contribution < -0.4 is 11.2 Å². The smallest absolute Gasteiger partial charge is 0.339 e. The number of aromatic nitrogens is 2. The first-order chi connectivity index (χ1) is 11.5. The van der Waals surface area contributed by atoms with Gasteiger partial charge in [-0.3, -0.25) is 23.7 Å². The number of hydrogen-bond donors (Lipinski definition) is 5. The van der Waals surface area contributed by atoms with Gasteiger partial charge in [0.15, 0.2) is 6.23 Å². The lowest BCUT2D eigenvalue weighted by Gasteiger charge is -2.17. The van der Waals surface area contributed by atoms with E-state index in [4.69, 9.17) is 9.84 Å². The van der Waals surface area contributed by atoms with Crippen LogP contribution in [-0.4, -0.2) is 66.8 Å². The van der Waals surface area contributed by atoms with Crippen LogP contribution in [0.4, 0.5) is 0 Å². The highest BCUT2D eigenvalue weighted by Gasteiger charge is 2.45. The predicted molar refractivity (Wildman–Crippen MR) is 83.2 cm³/mol. The number of H-pyrrole nitrogens is 1. The van der Waals surface area contributed by atoms with E-state index in [-0.39, 0.29) is 4.47 Å². The summed E-state index contributed by atoms with van der Waals surface area (Å²) in [5.74, 6) is -1.55. The Morgan fingerprint density at radius 1 is 1.40 bits per heavy atom. The average Bonchev–Trinajstić information content (AvgIpc) is 2.76. The van der Waals surface area contributed by atoms with Crippen LogP contribution >= 0.6 is 23.5 Å². The number of carboxylic acids is 1. The van der Waals surface area contributed by atoms with Gasteiger partial charge >= 0.3 is 19.3 Å². The molecule has 1 aromatic rings. The lowest BCUT2D eigenvalue weighted by Crippen LogP contribution is -2.38. The molecule has 2 rings (SSSR count). The average molecular weight is 445 g/mol. The van der Waals surface area contributed by atoms with Crippen molar-refractivity contribution in [2.75, 3.05) is 12.8 Å². The van der Waals surface area contributed by atoms with Crippen LogP contribution in [0.3, 0.4) is 0 Å². The van der Waals surface area contributed by atoms with Crippen molar-refractivity contribution < 1.29 is 38.8 Å². The highest BCUT2D eigenvalue weighted by atomic mass is 79.9. The van der Waals surface area contributed by atoms with Crippen molar-refractivity contribution in [2.24, 2.45) is 0 Å². The van der Waals surface area contributed by atoms with Gasteiger partial charge in [0, 0.05) is 6.20 Å². The van der Waals surface area contributed by atoms with E-state index in [0.717, 1.165) is 10.8 Å². The van der Waals surface area contributed by atoms with Crippen LogP contribution in [-0.2, 0) is 18.6 Å². The number of ether oxygens (including phenoxy) is 1. The Morgan fingerprint density at radius 3 is 2.64 bits per heavy atom. The molecule has 0 aliphatic carbocycles. The van der Waals surface area contributed by atoms with E-state index in [2.05, 4.69) is 20.5 Å². The van der Waals surface area contributed by atoms with E-state index >= 15 is 0 Å². The van der Waals surface area contributed by atoms with Crippen LogP contribution in [0.5, 0.6) is 0 Å². The first-order valence-corrected chi connectivity index (χ1v) is 9.28. The van der Waals surface area contributed by atoms with Gasteiger partial charge in [-0.15, -0.1) is 0 Å². The normalized spacial score (nSPS) is 28.6. The van der Waals surface area contributed by atoms with E-state index in [1.165, 1.54) is 0 Å². The number of carbonyl (C=O) groups is 1. The predicted octanol–water partition coefficient (Wildman–Crippen LogP) is -1.80. The third kappa shape index (κ3) is 4.64. The minimum absolute atomic E-state index is 0.0293. The third-order valence-corrected chi connectivity index (χ3v) is 5.10. The van der Waals surface area contributed by atoms with Gasteiger partial charge in [-0.1, -0.05) is 0 Å². The molecule has 1 fully saturated rings. The summed E-state index contributed by atoms with van der Waals surface area (Å²) < 4.78 is 22.1. The maximum atomic E-state index is 11.8. The van der Waals surface area contributed by atoms with Gasteiger partial charge in [0.25, 0.3) is 5.56 Å². The van der Waals surface area contributed by atoms with Gasteiger partial charge in [-0.2, -0.15) is 0 Å². The molecule has 12 nitrogen and oxygen atoms in total. The highest BCUT2D eigenvalue weighted by Crippen LogP contribution is 2.42.